The highest BCUT2D eigenvalue weighted by Crippen LogP contribution is 2.26. The quantitative estimate of drug-likeness (QED) is 0.865. The lowest BCUT2D eigenvalue weighted by Gasteiger charge is -2.00. The van der Waals surface area contributed by atoms with Gasteiger partial charge in [-0.2, -0.15) is 0 Å². The van der Waals surface area contributed by atoms with Crippen LogP contribution in [0.5, 0.6) is 0 Å². The van der Waals surface area contributed by atoms with Gasteiger partial charge in [0.2, 0.25) is 0 Å². The van der Waals surface area contributed by atoms with Crippen LogP contribution in [0.1, 0.15) is 9.67 Å². The van der Waals surface area contributed by atoms with E-state index in [0.29, 0.717) is 9.58 Å². The Hall–Kier alpha value is -1.95. The zero-order chi connectivity index (χ0) is 13.1. The molecular formula is C12H10FNO3S. The van der Waals surface area contributed by atoms with E-state index in [4.69, 9.17) is 0 Å². The standard InChI is InChI=1S/C12H10FNO3S/c1-17-11(15)6-14-12(16)10-4-7-2-3-8(13)5-9(7)18-10/h2-5H,6H2,1H3,(H,14,16). The van der Waals surface area contributed by atoms with Gasteiger partial charge in [0.25, 0.3) is 5.91 Å². The molecule has 0 unspecified atom stereocenters. The number of nitrogens with one attached hydrogen (secondary N) is 1. The highest BCUT2D eigenvalue weighted by molar-refractivity contribution is 7.20. The predicted molar refractivity (Wildman–Crippen MR) is 66.1 cm³/mol. The van der Waals surface area contributed by atoms with Crippen LogP contribution in [-0.2, 0) is 9.53 Å². The van der Waals surface area contributed by atoms with Crippen LogP contribution < -0.4 is 5.32 Å². The number of amides is 1. The molecule has 0 fully saturated rings. The molecule has 1 aromatic carbocycles. The van der Waals surface area contributed by atoms with Crippen molar-refractivity contribution in [3.63, 3.8) is 0 Å². The Morgan fingerprint density at radius 3 is 2.89 bits per heavy atom. The molecule has 0 aliphatic rings. The van der Waals surface area contributed by atoms with Crippen LogP contribution in [0, 0.1) is 5.82 Å². The number of hydrogen-bond acceptors (Lipinski definition) is 4. The van der Waals surface area contributed by atoms with E-state index in [1.165, 1.54) is 30.6 Å². The summed E-state index contributed by atoms with van der Waals surface area (Å²) in [5, 5.41) is 3.22. The molecule has 1 amide bonds. The molecule has 2 aromatic rings. The largest absolute Gasteiger partial charge is 0.468 e. The molecule has 0 radical (unpaired) electrons. The van der Waals surface area contributed by atoms with Crippen LogP contribution in [0.3, 0.4) is 0 Å². The van der Waals surface area contributed by atoms with E-state index in [9.17, 15) is 14.0 Å². The van der Waals surface area contributed by atoms with Crippen LogP contribution in [0.2, 0.25) is 0 Å². The molecule has 4 nitrogen and oxygen atoms in total. The summed E-state index contributed by atoms with van der Waals surface area (Å²) in [7, 11) is 1.25. The normalized spacial score (nSPS) is 10.3. The predicted octanol–water partition coefficient (Wildman–Crippen LogP) is 1.94. The SMILES string of the molecule is COC(=O)CNC(=O)c1cc2ccc(F)cc2s1. The Morgan fingerprint density at radius 2 is 2.17 bits per heavy atom. The molecule has 6 heteroatoms. The molecular weight excluding hydrogens is 257 g/mol. The Bertz CT molecular complexity index is 608. The summed E-state index contributed by atoms with van der Waals surface area (Å²) in [6.45, 7) is -0.183. The van der Waals surface area contributed by atoms with E-state index >= 15 is 0 Å². The van der Waals surface area contributed by atoms with E-state index in [0.717, 1.165) is 5.39 Å². The maximum Gasteiger partial charge on any atom is 0.325 e. The Morgan fingerprint density at radius 1 is 1.39 bits per heavy atom. The van der Waals surface area contributed by atoms with Crippen molar-refractivity contribution < 1.29 is 18.7 Å². The summed E-state index contributed by atoms with van der Waals surface area (Å²) in [4.78, 5) is 23.0. The van der Waals surface area contributed by atoms with Crippen molar-refractivity contribution in [3.8, 4) is 0 Å². The van der Waals surface area contributed by atoms with Crippen molar-refractivity contribution in [3.05, 3.63) is 35.0 Å². The van der Waals surface area contributed by atoms with Crippen molar-refractivity contribution in [2.45, 2.75) is 0 Å². The molecule has 0 saturated carbocycles. The number of halogens is 1. The van der Waals surface area contributed by atoms with Gasteiger partial charge in [-0.3, -0.25) is 9.59 Å². The summed E-state index contributed by atoms with van der Waals surface area (Å²) < 4.78 is 18.1. The molecule has 1 N–H and O–H groups in total. The second kappa shape index (κ2) is 5.14. The van der Waals surface area contributed by atoms with Crippen molar-refractivity contribution in [2.75, 3.05) is 13.7 Å². The summed E-state index contributed by atoms with van der Waals surface area (Å²) in [6, 6.07) is 5.98. The maximum absolute atomic E-state index is 13.0. The van der Waals surface area contributed by atoms with Crippen molar-refractivity contribution in [2.24, 2.45) is 0 Å². The minimum atomic E-state index is -0.518. The number of benzene rings is 1. The molecule has 1 heterocycles. The van der Waals surface area contributed by atoms with E-state index in [2.05, 4.69) is 10.1 Å². The number of thiophene rings is 1. The van der Waals surface area contributed by atoms with Gasteiger partial charge in [-0.15, -0.1) is 11.3 Å². The monoisotopic (exact) mass is 267 g/mol. The minimum Gasteiger partial charge on any atom is -0.468 e. The lowest BCUT2D eigenvalue weighted by Crippen LogP contribution is -2.29. The van der Waals surface area contributed by atoms with Crippen molar-refractivity contribution in [1.82, 2.24) is 5.32 Å². The van der Waals surface area contributed by atoms with Gasteiger partial charge >= 0.3 is 5.97 Å². The van der Waals surface area contributed by atoms with E-state index in [1.807, 2.05) is 0 Å². The van der Waals surface area contributed by atoms with Crippen molar-refractivity contribution >= 4 is 33.3 Å². The van der Waals surface area contributed by atoms with Gasteiger partial charge in [0, 0.05) is 4.70 Å². The molecule has 0 saturated heterocycles. The molecule has 0 aliphatic heterocycles. The van der Waals surface area contributed by atoms with Crippen LogP contribution in [0.4, 0.5) is 4.39 Å². The average Bonchev–Trinajstić information content (AvgIpc) is 2.78. The topological polar surface area (TPSA) is 55.4 Å². The summed E-state index contributed by atoms with van der Waals surface area (Å²) in [6.07, 6.45) is 0. The highest BCUT2D eigenvalue weighted by Gasteiger charge is 2.11. The Kier molecular flexibility index (Phi) is 3.57. The van der Waals surface area contributed by atoms with Crippen LogP contribution >= 0.6 is 11.3 Å². The maximum atomic E-state index is 13.0. The van der Waals surface area contributed by atoms with Crippen LogP contribution in [-0.4, -0.2) is 25.5 Å². The third-order valence-corrected chi connectivity index (χ3v) is 3.42. The molecule has 0 atom stereocenters. The number of carbonyl (C=O) groups excluding carboxylic acids is 2. The first-order valence-corrected chi connectivity index (χ1v) is 5.96. The number of hydrogen-bond donors (Lipinski definition) is 1. The molecule has 0 aliphatic carbocycles. The van der Waals surface area contributed by atoms with E-state index in [-0.39, 0.29) is 18.3 Å². The van der Waals surface area contributed by atoms with Crippen molar-refractivity contribution in [1.29, 1.82) is 0 Å². The van der Waals surface area contributed by atoms with Gasteiger partial charge in [0.15, 0.2) is 0 Å². The molecule has 0 spiro atoms. The molecule has 18 heavy (non-hydrogen) atoms. The minimum absolute atomic E-state index is 0.183. The molecule has 0 bridgehead atoms. The Labute approximate surface area is 106 Å². The second-order valence-corrected chi connectivity index (χ2v) is 4.64. The number of rotatable bonds is 3. The van der Waals surface area contributed by atoms with Gasteiger partial charge < -0.3 is 10.1 Å². The van der Waals surface area contributed by atoms with Gasteiger partial charge in [0.05, 0.1) is 12.0 Å². The number of carbonyl (C=O) groups is 2. The number of methoxy groups -OCH3 is 1. The summed E-state index contributed by atoms with van der Waals surface area (Å²) in [5.74, 6) is -1.23. The van der Waals surface area contributed by atoms with E-state index < -0.39 is 5.97 Å². The first-order valence-electron chi connectivity index (χ1n) is 5.14. The van der Waals surface area contributed by atoms with Crippen LogP contribution in [0.15, 0.2) is 24.3 Å². The third kappa shape index (κ3) is 2.65. The second-order valence-electron chi connectivity index (χ2n) is 3.55. The van der Waals surface area contributed by atoms with Gasteiger partial charge in [-0.1, -0.05) is 6.07 Å². The lowest BCUT2D eigenvalue weighted by molar-refractivity contribution is -0.139. The van der Waals surface area contributed by atoms with Gasteiger partial charge in [-0.05, 0) is 23.6 Å². The first kappa shape index (κ1) is 12.5. The van der Waals surface area contributed by atoms with Gasteiger partial charge in [0.1, 0.15) is 12.4 Å². The fraction of sp³-hybridized carbons (Fsp3) is 0.167. The number of esters is 1. The zero-order valence-electron chi connectivity index (χ0n) is 9.53. The number of fused-ring (bicyclic) bond motifs is 1. The fourth-order valence-electron chi connectivity index (χ4n) is 1.43. The number of ether oxygens (including phenoxy) is 1. The smallest absolute Gasteiger partial charge is 0.325 e. The fourth-order valence-corrected chi connectivity index (χ4v) is 2.43. The molecule has 2 rings (SSSR count). The zero-order valence-corrected chi connectivity index (χ0v) is 10.3. The molecule has 1 aromatic heterocycles. The molecule has 94 valence electrons. The van der Waals surface area contributed by atoms with Crippen LogP contribution in [0.25, 0.3) is 10.1 Å². The Balaban J connectivity index is 2.15. The van der Waals surface area contributed by atoms with E-state index in [1.54, 1.807) is 12.1 Å². The summed E-state index contributed by atoms with van der Waals surface area (Å²) in [5.41, 5.74) is 0. The van der Waals surface area contributed by atoms with Gasteiger partial charge in [-0.25, -0.2) is 4.39 Å². The highest BCUT2D eigenvalue weighted by atomic mass is 32.1. The first-order chi connectivity index (χ1) is 8.60. The lowest BCUT2D eigenvalue weighted by atomic mass is 10.2. The third-order valence-electron chi connectivity index (χ3n) is 2.33. The summed E-state index contributed by atoms with van der Waals surface area (Å²) >= 11 is 1.17. The average molecular weight is 267 g/mol.